The average Bonchev–Trinajstić information content (AvgIpc) is 3.51. The molecule has 0 aliphatic rings. The van der Waals surface area contributed by atoms with Crippen molar-refractivity contribution in [3.8, 4) is 11.8 Å². The zero-order valence-electron chi connectivity index (χ0n) is 20.9. The van der Waals surface area contributed by atoms with Crippen LogP contribution in [0.25, 0.3) is 32.8 Å². The third kappa shape index (κ3) is 4.97. The number of aromatic nitrogens is 4. The number of rotatable bonds is 8. The van der Waals surface area contributed by atoms with Crippen LogP contribution in [-0.4, -0.2) is 33.0 Å². The summed E-state index contributed by atoms with van der Waals surface area (Å²) in [5, 5.41) is 8.91. The van der Waals surface area contributed by atoms with Crippen molar-refractivity contribution in [3.05, 3.63) is 71.1 Å². The SMILES string of the molecule is CCCNCc1nc2c(F)cc(C#Cc3ccc4c(ccc5[nH]c(C(C)NCCC)nc54)c3)cc2[nH]1. The molecule has 0 bridgehead atoms. The van der Waals surface area contributed by atoms with Gasteiger partial charge in [-0.05, 0) is 68.6 Å². The lowest BCUT2D eigenvalue weighted by molar-refractivity contribution is 0.550. The maximum atomic E-state index is 14.7. The zero-order chi connectivity index (χ0) is 25.1. The Bertz CT molecular complexity index is 1590. The molecule has 0 radical (unpaired) electrons. The molecule has 0 amide bonds. The van der Waals surface area contributed by atoms with Crippen LogP contribution in [0, 0.1) is 17.7 Å². The van der Waals surface area contributed by atoms with Gasteiger partial charge in [0.2, 0.25) is 0 Å². The van der Waals surface area contributed by atoms with Gasteiger partial charge in [0.25, 0.3) is 0 Å². The maximum absolute atomic E-state index is 14.7. The molecule has 0 aliphatic heterocycles. The first-order chi connectivity index (χ1) is 17.6. The van der Waals surface area contributed by atoms with E-state index in [1.807, 2.05) is 12.1 Å². The normalized spacial score (nSPS) is 12.3. The Morgan fingerprint density at radius 3 is 2.56 bits per heavy atom. The summed E-state index contributed by atoms with van der Waals surface area (Å²) >= 11 is 0. The number of H-pyrrole nitrogens is 2. The minimum absolute atomic E-state index is 0.161. The number of fused-ring (bicyclic) bond motifs is 4. The third-order valence-corrected chi connectivity index (χ3v) is 6.26. The summed E-state index contributed by atoms with van der Waals surface area (Å²) in [7, 11) is 0. The second kappa shape index (κ2) is 10.5. The molecule has 1 unspecified atom stereocenters. The molecule has 7 heteroatoms. The molecule has 5 aromatic rings. The molecule has 2 aromatic heterocycles. The predicted octanol–water partition coefficient (Wildman–Crippen LogP) is 5.69. The Kier molecular flexibility index (Phi) is 6.99. The summed E-state index contributed by atoms with van der Waals surface area (Å²) < 4.78 is 14.7. The molecule has 3 aromatic carbocycles. The lowest BCUT2D eigenvalue weighted by Crippen LogP contribution is -2.20. The fourth-order valence-corrected chi connectivity index (χ4v) is 4.37. The van der Waals surface area contributed by atoms with E-state index in [4.69, 9.17) is 4.98 Å². The van der Waals surface area contributed by atoms with Crippen LogP contribution < -0.4 is 10.6 Å². The number of hydrogen-bond donors (Lipinski definition) is 4. The molecular weight excluding hydrogens is 451 g/mol. The van der Waals surface area contributed by atoms with Crippen LogP contribution in [0.15, 0.2) is 42.5 Å². The van der Waals surface area contributed by atoms with E-state index in [0.29, 0.717) is 23.1 Å². The molecule has 184 valence electrons. The minimum Gasteiger partial charge on any atom is -0.341 e. The Morgan fingerprint density at radius 1 is 0.889 bits per heavy atom. The van der Waals surface area contributed by atoms with Crippen molar-refractivity contribution in [3.63, 3.8) is 0 Å². The molecule has 0 saturated heterocycles. The molecule has 0 spiro atoms. The second-order valence-electron chi connectivity index (χ2n) is 9.16. The second-order valence-corrected chi connectivity index (χ2v) is 9.16. The van der Waals surface area contributed by atoms with Crippen LogP contribution in [0.5, 0.6) is 0 Å². The number of hydrogen-bond acceptors (Lipinski definition) is 4. The lowest BCUT2D eigenvalue weighted by Gasteiger charge is -2.09. The molecule has 6 nitrogen and oxygen atoms in total. The van der Waals surface area contributed by atoms with Crippen LogP contribution >= 0.6 is 0 Å². The largest absolute Gasteiger partial charge is 0.341 e. The van der Waals surface area contributed by atoms with E-state index in [0.717, 1.165) is 64.9 Å². The standard InChI is InChI=1S/C29H31FN6/c1-4-12-31-17-26-33-25-16-20(15-23(30)28(25)35-26)7-6-19-8-10-22-21(14-19)9-11-24-27(22)36-29(34-24)18(3)32-13-5-2/h8-11,14-16,18,31-32H,4-5,12-13,17H2,1-3H3,(H,33,35)(H,34,36). The first kappa shape index (κ1) is 24.0. The van der Waals surface area contributed by atoms with Crippen molar-refractivity contribution < 1.29 is 4.39 Å². The van der Waals surface area contributed by atoms with Crippen molar-refractivity contribution >= 4 is 32.8 Å². The summed E-state index contributed by atoms with van der Waals surface area (Å²) in [6, 6.07) is 13.7. The summed E-state index contributed by atoms with van der Waals surface area (Å²) in [6.45, 7) is 8.81. The van der Waals surface area contributed by atoms with E-state index in [-0.39, 0.29) is 11.9 Å². The topological polar surface area (TPSA) is 81.4 Å². The Balaban J connectivity index is 1.41. The van der Waals surface area contributed by atoms with Gasteiger partial charge in [-0.1, -0.05) is 37.8 Å². The van der Waals surface area contributed by atoms with E-state index in [1.54, 1.807) is 0 Å². The predicted molar refractivity (Wildman–Crippen MR) is 144 cm³/mol. The fourth-order valence-electron chi connectivity index (χ4n) is 4.37. The summed E-state index contributed by atoms with van der Waals surface area (Å²) in [5.74, 6) is 7.59. The van der Waals surface area contributed by atoms with Gasteiger partial charge in [0.05, 0.1) is 29.1 Å². The first-order valence-electron chi connectivity index (χ1n) is 12.6. The van der Waals surface area contributed by atoms with Crippen LogP contribution in [0.4, 0.5) is 4.39 Å². The Hall–Kier alpha value is -3.73. The third-order valence-electron chi connectivity index (χ3n) is 6.26. The van der Waals surface area contributed by atoms with Crippen LogP contribution in [0.3, 0.4) is 0 Å². The number of imidazole rings is 2. The molecular formula is C29H31FN6. The van der Waals surface area contributed by atoms with Gasteiger partial charge in [-0.2, -0.15) is 0 Å². The Morgan fingerprint density at radius 2 is 1.72 bits per heavy atom. The van der Waals surface area contributed by atoms with Gasteiger partial charge in [-0.25, -0.2) is 14.4 Å². The van der Waals surface area contributed by atoms with Crippen molar-refractivity contribution in [2.45, 2.75) is 46.2 Å². The molecule has 0 fully saturated rings. The van der Waals surface area contributed by atoms with Crippen LogP contribution in [-0.2, 0) is 6.54 Å². The highest BCUT2D eigenvalue weighted by Gasteiger charge is 2.12. The van der Waals surface area contributed by atoms with Crippen molar-refractivity contribution in [1.82, 2.24) is 30.6 Å². The summed E-state index contributed by atoms with van der Waals surface area (Å²) in [4.78, 5) is 15.9. The highest BCUT2D eigenvalue weighted by molar-refractivity contribution is 6.04. The van der Waals surface area contributed by atoms with Crippen LogP contribution in [0.2, 0.25) is 0 Å². The smallest absolute Gasteiger partial charge is 0.152 e. The van der Waals surface area contributed by atoms with E-state index in [1.165, 1.54) is 6.07 Å². The number of benzene rings is 3. The minimum atomic E-state index is -0.368. The molecule has 36 heavy (non-hydrogen) atoms. The molecule has 1 atom stereocenters. The number of aromatic amines is 2. The zero-order valence-corrected chi connectivity index (χ0v) is 20.9. The van der Waals surface area contributed by atoms with Crippen molar-refractivity contribution in [2.24, 2.45) is 0 Å². The van der Waals surface area contributed by atoms with Gasteiger partial charge >= 0.3 is 0 Å². The fraction of sp³-hybridized carbons (Fsp3) is 0.310. The Labute approximate surface area is 210 Å². The summed E-state index contributed by atoms with van der Waals surface area (Å²) in [6.07, 6.45) is 2.11. The van der Waals surface area contributed by atoms with Gasteiger partial charge in [0.15, 0.2) is 5.82 Å². The lowest BCUT2D eigenvalue weighted by atomic mass is 10.1. The number of nitrogens with zero attached hydrogens (tertiary/aromatic N) is 2. The first-order valence-corrected chi connectivity index (χ1v) is 12.6. The average molecular weight is 483 g/mol. The highest BCUT2D eigenvalue weighted by atomic mass is 19.1. The maximum Gasteiger partial charge on any atom is 0.152 e. The quantitative estimate of drug-likeness (QED) is 0.169. The van der Waals surface area contributed by atoms with E-state index >= 15 is 0 Å². The molecule has 0 aliphatic carbocycles. The van der Waals surface area contributed by atoms with E-state index in [9.17, 15) is 4.39 Å². The van der Waals surface area contributed by atoms with Crippen molar-refractivity contribution in [1.29, 1.82) is 0 Å². The van der Waals surface area contributed by atoms with Crippen molar-refractivity contribution in [2.75, 3.05) is 13.1 Å². The van der Waals surface area contributed by atoms with E-state index in [2.05, 4.69) is 82.5 Å². The van der Waals surface area contributed by atoms with E-state index < -0.39 is 0 Å². The molecule has 2 heterocycles. The molecule has 4 N–H and O–H groups in total. The molecule has 0 saturated carbocycles. The van der Waals surface area contributed by atoms with Gasteiger partial charge in [-0.3, -0.25) is 0 Å². The summed E-state index contributed by atoms with van der Waals surface area (Å²) in [5.41, 5.74) is 4.46. The van der Waals surface area contributed by atoms with Gasteiger partial charge in [0.1, 0.15) is 17.2 Å². The van der Waals surface area contributed by atoms with Crippen LogP contribution in [0.1, 0.15) is 62.4 Å². The van der Waals surface area contributed by atoms with Gasteiger partial charge in [0, 0.05) is 16.5 Å². The van der Waals surface area contributed by atoms with Gasteiger partial charge < -0.3 is 20.6 Å². The van der Waals surface area contributed by atoms with Gasteiger partial charge in [-0.15, -0.1) is 0 Å². The number of halogens is 1. The highest BCUT2D eigenvalue weighted by Crippen LogP contribution is 2.26. The number of nitrogens with one attached hydrogen (secondary N) is 4. The monoisotopic (exact) mass is 482 g/mol. The molecule has 5 rings (SSSR count).